The number of hydrogen-bond donors (Lipinski definition) is 0. The van der Waals surface area contributed by atoms with Crippen LogP contribution in [0.4, 0.5) is 17.1 Å². The highest BCUT2D eigenvalue weighted by Crippen LogP contribution is 2.46. The van der Waals surface area contributed by atoms with Crippen molar-refractivity contribution < 1.29 is 8.42 Å². The van der Waals surface area contributed by atoms with Crippen LogP contribution in [0.2, 0.25) is 0 Å². The Kier molecular flexibility index (Phi) is 4.26. The van der Waals surface area contributed by atoms with Crippen molar-refractivity contribution in [1.82, 2.24) is 0 Å². The standard InChI is InChI=1S/C26H21NO2S/c1-18-12-13-21(16-19(18)2)27(20-8-4-3-5-9-20)22-14-15-24-23-10-6-7-11-25(23)30(28,29)26(24)17-22/h3-17H,1-2H3. The Morgan fingerprint density at radius 3 is 1.97 bits per heavy atom. The Hall–Kier alpha value is -3.37. The van der Waals surface area contributed by atoms with Gasteiger partial charge in [-0.1, -0.05) is 48.5 Å². The second-order valence-electron chi connectivity index (χ2n) is 7.62. The Bertz CT molecular complexity index is 1380. The van der Waals surface area contributed by atoms with Gasteiger partial charge in [-0.05, 0) is 67.4 Å². The third kappa shape index (κ3) is 2.84. The van der Waals surface area contributed by atoms with Gasteiger partial charge in [-0.2, -0.15) is 0 Å². The SMILES string of the molecule is Cc1ccc(N(c2ccccc2)c2ccc3c(c2)S(=O)(=O)c2ccccc2-3)cc1C. The van der Waals surface area contributed by atoms with Gasteiger partial charge in [0.15, 0.2) is 0 Å². The molecule has 0 atom stereocenters. The lowest BCUT2D eigenvalue weighted by molar-refractivity contribution is 0.598. The fourth-order valence-electron chi connectivity index (χ4n) is 4.03. The van der Waals surface area contributed by atoms with Crippen molar-refractivity contribution in [3.63, 3.8) is 0 Å². The van der Waals surface area contributed by atoms with E-state index in [0.717, 1.165) is 28.2 Å². The van der Waals surface area contributed by atoms with Gasteiger partial charge in [-0.15, -0.1) is 0 Å². The van der Waals surface area contributed by atoms with E-state index in [4.69, 9.17) is 0 Å². The van der Waals surface area contributed by atoms with Crippen LogP contribution in [0.15, 0.2) is 101 Å². The molecule has 0 spiro atoms. The lowest BCUT2D eigenvalue weighted by Gasteiger charge is -2.26. The molecule has 0 aromatic heterocycles. The molecule has 0 bridgehead atoms. The largest absolute Gasteiger partial charge is 0.310 e. The number of rotatable bonds is 3. The van der Waals surface area contributed by atoms with Crippen molar-refractivity contribution in [2.45, 2.75) is 23.6 Å². The zero-order chi connectivity index (χ0) is 20.9. The molecule has 4 heteroatoms. The first-order valence-corrected chi connectivity index (χ1v) is 11.4. The maximum atomic E-state index is 13.2. The number of benzene rings is 4. The van der Waals surface area contributed by atoms with Crippen LogP contribution in [-0.2, 0) is 9.84 Å². The minimum absolute atomic E-state index is 0.367. The summed E-state index contributed by atoms with van der Waals surface area (Å²) in [6, 6.07) is 29.3. The van der Waals surface area contributed by atoms with Crippen LogP contribution in [0.25, 0.3) is 11.1 Å². The smallest absolute Gasteiger partial charge is 0.207 e. The average Bonchev–Trinajstić information content (AvgIpc) is 2.99. The molecule has 0 N–H and O–H groups in total. The molecule has 0 amide bonds. The molecule has 4 aromatic rings. The summed E-state index contributed by atoms with van der Waals surface area (Å²) in [6.07, 6.45) is 0. The second kappa shape index (κ2) is 6.85. The molecule has 0 radical (unpaired) electrons. The van der Waals surface area contributed by atoms with Gasteiger partial charge in [0, 0.05) is 28.2 Å². The van der Waals surface area contributed by atoms with E-state index in [9.17, 15) is 8.42 Å². The molecule has 1 aliphatic heterocycles. The van der Waals surface area contributed by atoms with Gasteiger partial charge in [0.25, 0.3) is 0 Å². The molecular weight excluding hydrogens is 390 g/mol. The Balaban J connectivity index is 1.72. The first-order valence-electron chi connectivity index (χ1n) is 9.88. The summed E-state index contributed by atoms with van der Waals surface area (Å²) >= 11 is 0. The molecule has 3 nitrogen and oxygen atoms in total. The number of nitrogens with zero attached hydrogens (tertiary/aromatic N) is 1. The summed E-state index contributed by atoms with van der Waals surface area (Å²) in [5, 5.41) is 0. The van der Waals surface area contributed by atoms with Gasteiger partial charge >= 0.3 is 0 Å². The number of sulfone groups is 1. The van der Waals surface area contributed by atoms with E-state index in [1.165, 1.54) is 11.1 Å². The van der Waals surface area contributed by atoms with Crippen LogP contribution in [0.5, 0.6) is 0 Å². The van der Waals surface area contributed by atoms with Crippen molar-refractivity contribution in [3.05, 3.63) is 102 Å². The lowest BCUT2D eigenvalue weighted by Crippen LogP contribution is -2.11. The molecule has 1 heterocycles. The van der Waals surface area contributed by atoms with Crippen molar-refractivity contribution in [3.8, 4) is 11.1 Å². The first-order chi connectivity index (χ1) is 14.5. The molecule has 0 saturated heterocycles. The van der Waals surface area contributed by atoms with Crippen LogP contribution in [0.1, 0.15) is 11.1 Å². The second-order valence-corrected chi connectivity index (χ2v) is 9.51. The summed E-state index contributed by atoms with van der Waals surface area (Å²) in [7, 11) is -3.53. The van der Waals surface area contributed by atoms with E-state index in [1.54, 1.807) is 18.2 Å². The summed E-state index contributed by atoms with van der Waals surface area (Å²) < 4.78 is 26.4. The average molecular weight is 412 g/mol. The molecule has 0 unspecified atom stereocenters. The van der Waals surface area contributed by atoms with Crippen molar-refractivity contribution in [2.75, 3.05) is 4.90 Å². The first kappa shape index (κ1) is 18.6. The van der Waals surface area contributed by atoms with Crippen LogP contribution in [0.3, 0.4) is 0 Å². The maximum absolute atomic E-state index is 13.2. The maximum Gasteiger partial charge on any atom is 0.207 e. The molecule has 0 saturated carbocycles. The van der Waals surface area contributed by atoms with Gasteiger partial charge in [0.2, 0.25) is 9.84 Å². The summed E-state index contributed by atoms with van der Waals surface area (Å²) in [4.78, 5) is 2.85. The highest BCUT2D eigenvalue weighted by molar-refractivity contribution is 7.92. The highest BCUT2D eigenvalue weighted by Gasteiger charge is 2.33. The monoisotopic (exact) mass is 411 g/mol. The third-order valence-corrected chi connectivity index (χ3v) is 7.59. The van der Waals surface area contributed by atoms with Gasteiger partial charge in [-0.25, -0.2) is 8.42 Å². The number of hydrogen-bond acceptors (Lipinski definition) is 3. The predicted molar refractivity (Wildman–Crippen MR) is 121 cm³/mol. The minimum Gasteiger partial charge on any atom is -0.310 e. The van der Waals surface area contributed by atoms with E-state index in [0.29, 0.717) is 9.79 Å². The van der Waals surface area contributed by atoms with Crippen LogP contribution in [0, 0.1) is 13.8 Å². The van der Waals surface area contributed by atoms with Gasteiger partial charge < -0.3 is 4.90 Å². The van der Waals surface area contributed by atoms with E-state index in [-0.39, 0.29) is 0 Å². The number of anilines is 3. The third-order valence-electron chi connectivity index (χ3n) is 5.74. The van der Waals surface area contributed by atoms with Gasteiger partial charge in [0.05, 0.1) is 9.79 Å². The molecule has 1 aliphatic rings. The predicted octanol–water partition coefficient (Wildman–Crippen LogP) is 6.59. The van der Waals surface area contributed by atoms with Crippen molar-refractivity contribution in [1.29, 1.82) is 0 Å². The molecule has 148 valence electrons. The number of aryl methyl sites for hydroxylation is 2. The van der Waals surface area contributed by atoms with E-state index in [1.807, 2.05) is 54.6 Å². The molecule has 4 aromatic carbocycles. The molecule has 0 fully saturated rings. The quantitative estimate of drug-likeness (QED) is 0.336. The summed E-state index contributed by atoms with van der Waals surface area (Å²) in [5.41, 5.74) is 6.75. The highest BCUT2D eigenvalue weighted by atomic mass is 32.2. The van der Waals surface area contributed by atoms with Crippen LogP contribution < -0.4 is 4.90 Å². The number of para-hydroxylation sites is 1. The van der Waals surface area contributed by atoms with E-state index < -0.39 is 9.84 Å². The fourth-order valence-corrected chi connectivity index (χ4v) is 5.73. The molecule has 30 heavy (non-hydrogen) atoms. The van der Waals surface area contributed by atoms with Gasteiger partial charge in [0.1, 0.15) is 0 Å². The summed E-state index contributed by atoms with van der Waals surface area (Å²) in [6.45, 7) is 4.18. The molecular formula is C26H21NO2S. The normalized spacial score (nSPS) is 13.5. The topological polar surface area (TPSA) is 37.4 Å². The van der Waals surface area contributed by atoms with Crippen LogP contribution >= 0.6 is 0 Å². The Morgan fingerprint density at radius 2 is 1.20 bits per heavy atom. The zero-order valence-electron chi connectivity index (χ0n) is 16.8. The number of fused-ring (bicyclic) bond motifs is 3. The van der Waals surface area contributed by atoms with E-state index in [2.05, 4.69) is 36.9 Å². The Morgan fingerprint density at radius 1 is 0.567 bits per heavy atom. The van der Waals surface area contributed by atoms with Gasteiger partial charge in [-0.3, -0.25) is 0 Å². The van der Waals surface area contributed by atoms with Crippen molar-refractivity contribution >= 4 is 26.9 Å². The fraction of sp³-hybridized carbons (Fsp3) is 0.0769. The lowest BCUT2D eigenvalue weighted by atomic mass is 10.0. The Labute approximate surface area is 177 Å². The van der Waals surface area contributed by atoms with E-state index >= 15 is 0 Å². The minimum atomic E-state index is -3.53. The molecule has 0 aliphatic carbocycles. The zero-order valence-corrected chi connectivity index (χ0v) is 17.6. The van der Waals surface area contributed by atoms with Crippen molar-refractivity contribution in [2.24, 2.45) is 0 Å². The molecule has 5 rings (SSSR count). The summed E-state index contributed by atoms with van der Waals surface area (Å²) in [5.74, 6) is 0. The van der Waals surface area contributed by atoms with Crippen LogP contribution in [-0.4, -0.2) is 8.42 Å².